The number of halogens is 1. The molecule has 0 aliphatic carbocycles. The van der Waals surface area contributed by atoms with Crippen molar-refractivity contribution >= 4 is 22.7 Å². The number of hydrogen-bond donors (Lipinski definition) is 0. The predicted molar refractivity (Wildman–Crippen MR) is 94.0 cm³/mol. The van der Waals surface area contributed by atoms with Crippen molar-refractivity contribution in [3.05, 3.63) is 40.7 Å². The van der Waals surface area contributed by atoms with Gasteiger partial charge < -0.3 is 9.80 Å². The van der Waals surface area contributed by atoms with E-state index in [2.05, 4.69) is 4.98 Å². The number of nitrogens with zero attached hydrogens (tertiary/aromatic N) is 4. The molecular weight excluding hydrogens is 339 g/mol. The van der Waals surface area contributed by atoms with Gasteiger partial charge in [0.1, 0.15) is 12.4 Å². The number of rotatable bonds is 3. The Morgan fingerprint density at radius 2 is 1.81 bits per heavy atom. The molecule has 1 aromatic carbocycles. The second-order valence-corrected chi connectivity index (χ2v) is 6.70. The van der Waals surface area contributed by atoms with E-state index in [4.69, 9.17) is 0 Å². The molecule has 1 aliphatic rings. The first-order chi connectivity index (χ1) is 12.4. The molecular formula is C18H21FN4O3. The van der Waals surface area contributed by atoms with Gasteiger partial charge in [0.15, 0.2) is 0 Å². The van der Waals surface area contributed by atoms with Crippen molar-refractivity contribution in [2.75, 3.05) is 26.2 Å². The third-order valence-corrected chi connectivity index (χ3v) is 4.53. The topological polar surface area (TPSA) is 75.5 Å². The molecule has 0 N–H and O–H groups in total. The van der Waals surface area contributed by atoms with E-state index in [0.717, 1.165) is 6.07 Å². The minimum atomic E-state index is -0.522. The fourth-order valence-electron chi connectivity index (χ4n) is 3.03. The van der Waals surface area contributed by atoms with E-state index in [1.165, 1.54) is 23.0 Å². The first kappa shape index (κ1) is 18.0. The maximum atomic E-state index is 13.4. The van der Waals surface area contributed by atoms with Crippen molar-refractivity contribution in [1.82, 2.24) is 19.4 Å². The highest BCUT2D eigenvalue weighted by Crippen LogP contribution is 2.10. The lowest BCUT2D eigenvalue weighted by Gasteiger charge is -2.35. The Kier molecular flexibility index (Phi) is 5.01. The molecule has 138 valence electrons. The van der Waals surface area contributed by atoms with Crippen LogP contribution in [0.4, 0.5) is 4.39 Å². The van der Waals surface area contributed by atoms with Crippen LogP contribution in [-0.4, -0.2) is 57.3 Å². The zero-order chi connectivity index (χ0) is 18.8. The molecule has 2 aromatic rings. The third-order valence-electron chi connectivity index (χ3n) is 4.53. The molecule has 0 bridgehead atoms. The van der Waals surface area contributed by atoms with Gasteiger partial charge in [-0.1, -0.05) is 13.8 Å². The lowest BCUT2D eigenvalue weighted by molar-refractivity contribution is -0.141. The van der Waals surface area contributed by atoms with Crippen LogP contribution < -0.4 is 5.56 Å². The van der Waals surface area contributed by atoms with Gasteiger partial charge >= 0.3 is 0 Å². The number of hydrogen-bond acceptors (Lipinski definition) is 4. The van der Waals surface area contributed by atoms with E-state index in [9.17, 15) is 18.8 Å². The fourth-order valence-corrected chi connectivity index (χ4v) is 3.03. The van der Waals surface area contributed by atoms with Crippen LogP contribution in [0.15, 0.2) is 29.3 Å². The molecule has 1 aromatic heterocycles. The summed E-state index contributed by atoms with van der Waals surface area (Å²) in [6.07, 6.45) is 1.30. The number of amides is 2. The Bertz CT molecular complexity index is 901. The summed E-state index contributed by atoms with van der Waals surface area (Å²) in [5.41, 5.74) is -0.0580. The zero-order valence-corrected chi connectivity index (χ0v) is 14.8. The Morgan fingerprint density at radius 1 is 1.15 bits per heavy atom. The third kappa shape index (κ3) is 3.58. The average Bonchev–Trinajstić information content (AvgIpc) is 2.63. The van der Waals surface area contributed by atoms with Crippen LogP contribution >= 0.6 is 0 Å². The maximum Gasteiger partial charge on any atom is 0.261 e. The van der Waals surface area contributed by atoms with Gasteiger partial charge in [-0.15, -0.1) is 0 Å². The van der Waals surface area contributed by atoms with E-state index in [1.54, 1.807) is 9.80 Å². The molecule has 0 unspecified atom stereocenters. The Labute approximate surface area is 150 Å². The van der Waals surface area contributed by atoms with E-state index in [-0.39, 0.29) is 29.7 Å². The SMILES string of the molecule is CC(C)C(=O)N1CCN(C(=O)Cn2cnc3ccc(F)cc3c2=O)CC1. The molecule has 2 heterocycles. The summed E-state index contributed by atoms with van der Waals surface area (Å²) in [4.78, 5) is 44.4. The lowest BCUT2D eigenvalue weighted by Crippen LogP contribution is -2.52. The van der Waals surface area contributed by atoms with Gasteiger partial charge in [-0.25, -0.2) is 9.37 Å². The van der Waals surface area contributed by atoms with Crippen LogP contribution in [0.25, 0.3) is 10.9 Å². The van der Waals surface area contributed by atoms with Crippen LogP contribution in [0, 0.1) is 11.7 Å². The van der Waals surface area contributed by atoms with E-state index < -0.39 is 11.4 Å². The number of piperazine rings is 1. The van der Waals surface area contributed by atoms with Gasteiger partial charge in [0, 0.05) is 32.1 Å². The molecule has 0 radical (unpaired) electrons. The predicted octanol–water partition coefficient (Wildman–Crippen LogP) is 0.862. The average molecular weight is 360 g/mol. The van der Waals surface area contributed by atoms with Gasteiger partial charge in [-0.2, -0.15) is 0 Å². The number of aromatic nitrogens is 2. The lowest BCUT2D eigenvalue weighted by atomic mass is 10.1. The quantitative estimate of drug-likeness (QED) is 0.814. The standard InChI is InChI=1S/C18H21FN4O3/c1-12(2)17(25)22-7-5-21(6-8-22)16(24)10-23-11-20-15-4-3-13(19)9-14(15)18(23)26/h3-4,9,11-12H,5-8,10H2,1-2H3. The highest BCUT2D eigenvalue weighted by molar-refractivity contribution is 5.80. The largest absolute Gasteiger partial charge is 0.339 e. The summed E-state index contributed by atoms with van der Waals surface area (Å²) < 4.78 is 14.6. The Balaban J connectivity index is 1.69. The summed E-state index contributed by atoms with van der Waals surface area (Å²) in [6, 6.07) is 3.80. The van der Waals surface area contributed by atoms with E-state index >= 15 is 0 Å². The van der Waals surface area contributed by atoms with Crippen molar-refractivity contribution < 1.29 is 14.0 Å². The monoisotopic (exact) mass is 360 g/mol. The van der Waals surface area contributed by atoms with Crippen LogP contribution in [0.3, 0.4) is 0 Å². The smallest absolute Gasteiger partial charge is 0.261 e. The summed E-state index contributed by atoms with van der Waals surface area (Å²) in [7, 11) is 0. The molecule has 1 fully saturated rings. The second-order valence-electron chi connectivity index (χ2n) is 6.70. The van der Waals surface area contributed by atoms with Crippen LogP contribution in [0.1, 0.15) is 13.8 Å². The van der Waals surface area contributed by atoms with Crippen molar-refractivity contribution in [2.45, 2.75) is 20.4 Å². The molecule has 8 heteroatoms. The number of carbonyl (C=O) groups excluding carboxylic acids is 2. The molecule has 0 saturated carbocycles. The first-order valence-corrected chi connectivity index (χ1v) is 8.58. The van der Waals surface area contributed by atoms with Crippen molar-refractivity contribution in [3.8, 4) is 0 Å². The Hall–Kier alpha value is -2.77. The van der Waals surface area contributed by atoms with Crippen molar-refractivity contribution in [3.63, 3.8) is 0 Å². The number of fused-ring (bicyclic) bond motifs is 1. The first-order valence-electron chi connectivity index (χ1n) is 8.58. The Morgan fingerprint density at radius 3 is 2.46 bits per heavy atom. The van der Waals surface area contributed by atoms with Gasteiger partial charge in [-0.3, -0.25) is 19.0 Å². The van der Waals surface area contributed by atoms with Crippen molar-refractivity contribution in [2.24, 2.45) is 5.92 Å². The fraction of sp³-hybridized carbons (Fsp3) is 0.444. The molecule has 7 nitrogen and oxygen atoms in total. The molecule has 1 aliphatic heterocycles. The highest BCUT2D eigenvalue weighted by Gasteiger charge is 2.25. The summed E-state index contributed by atoms with van der Waals surface area (Å²) in [5, 5.41) is 0.146. The van der Waals surface area contributed by atoms with Gasteiger partial charge in [0.25, 0.3) is 5.56 Å². The van der Waals surface area contributed by atoms with Crippen LogP contribution in [0.5, 0.6) is 0 Å². The maximum absolute atomic E-state index is 13.4. The molecule has 26 heavy (non-hydrogen) atoms. The highest BCUT2D eigenvalue weighted by atomic mass is 19.1. The normalized spacial score (nSPS) is 14.9. The molecule has 3 rings (SSSR count). The van der Waals surface area contributed by atoms with E-state index in [0.29, 0.717) is 31.7 Å². The van der Waals surface area contributed by atoms with E-state index in [1.807, 2.05) is 13.8 Å². The molecule has 0 spiro atoms. The number of carbonyl (C=O) groups is 2. The molecule has 2 amide bonds. The summed E-state index contributed by atoms with van der Waals surface area (Å²) in [5.74, 6) is -0.735. The van der Waals surface area contributed by atoms with Crippen LogP contribution in [0.2, 0.25) is 0 Å². The van der Waals surface area contributed by atoms with Crippen LogP contribution in [-0.2, 0) is 16.1 Å². The zero-order valence-electron chi connectivity index (χ0n) is 14.8. The van der Waals surface area contributed by atoms with Crippen molar-refractivity contribution in [1.29, 1.82) is 0 Å². The molecule has 0 atom stereocenters. The summed E-state index contributed by atoms with van der Waals surface area (Å²) >= 11 is 0. The second kappa shape index (κ2) is 7.23. The minimum Gasteiger partial charge on any atom is -0.339 e. The van der Waals surface area contributed by atoms with Gasteiger partial charge in [0.05, 0.1) is 17.2 Å². The summed E-state index contributed by atoms with van der Waals surface area (Å²) in [6.45, 7) is 5.38. The number of benzene rings is 1. The van der Waals surface area contributed by atoms with Gasteiger partial charge in [0.2, 0.25) is 11.8 Å². The minimum absolute atomic E-state index is 0.0695. The van der Waals surface area contributed by atoms with Gasteiger partial charge in [-0.05, 0) is 18.2 Å². The molecule has 1 saturated heterocycles.